The number of para-hydroxylation sites is 1. The molecule has 192 valence electrons. The van der Waals surface area contributed by atoms with E-state index < -0.39 is 18.6 Å². The Balaban J connectivity index is 0.00000100. The minimum atomic E-state index is -3.08. The van der Waals surface area contributed by atoms with Crippen LogP contribution in [-0.2, 0) is 4.79 Å². The number of nitrogens with one attached hydrogen (secondary N) is 1. The zero-order valence-corrected chi connectivity index (χ0v) is 20.5. The summed E-state index contributed by atoms with van der Waals surface area (Å²) in [4.78, 5) is 28.2. The molecule has 0 bridgehead atoms. The smallest absolute Gasteiger partial charge is 0.388 e. The van der Waals surface area contributed by atoms with Crippen LogP contribution in [0.25, 0.3) is 0 Å². The molecule has 0 atom stereocenters. The van der Waals surface area contributed by atoms with Crippen molar-refractivity contribution in [3.63, 3.8) is 0 Å². The van der Waals surface area contributed by atoms with Gasteiger partial charge < -0.3 is 19.9 Å². The Bertz CT molecular complexity index is 977. The molecule has 35 heavy (non-hydrogen) atoms. The third-order valence-corrected chi connectivity index (χ3v) is 5.46. The maximum Gasteiger partial charge on any atom is 0.388 e. The Hall–Kier alpha value is -3.43. The van der Waals surface area contributed by atoms with Gasteiger partial charge in [0, 0.05) is 24.7 Å². The fourth-order valence-corrected chi connectivity index (χ4v) is 3.99. The highest BCUT2D eigenvalue weighted by Crippen LogP contribution is 2.34. The normalized spacial score (nSPS) is 13.6. The number of rotatable bonds is 7. The van der Waals surface area contributed by atoms with E-state index in [9.17, 15) is 13.6 Å². The zero-order valence-electron chi connectivity index (χ0n) is 20.5. The minimum absolute atomic E-state index is 0.0272. The third kappa shape index (κ3) is 8.38. The number of benzene rings is 1. The summed E-state index contributed by atoms with van der Waals surface area (Å²) >= 11 is 0. The Labute approximate surface area is 204 Å². The lowest BCUT2D eigenvalue weighted by Crippen LogP contribution is -2.44. The van der Waals surface area contributed by atoms with Crippen LogP contribution >= 0.6 is 0 Å². The number of alkyl halides is 2. The molecule has 3 rings (SSSR count). The van der Waals surface area contributed by atoms with E-state index in [1.807, 2.05) is 24.3 Å². The minimum Gasteiger partial charge on any atom is -0.481 e. The zero-order chi connectivity index (χ0) is 26.0. The Morgan fingerprint density at radius 2 is 1.74 bits per heavy atom. The number of hydrogen-bond donors (Lipinski definition) is 2. The van der Waals surface area contributed by atoms with Gasteiger partial charge in [0.25, 0.3) is 5.97 Å². The van der Waals surface area contributed by atoms with Gasteiger partial charge in [0.1, 0.15) is 5.69 Å². The van der Waals surface area contributed by atoms with E-state index in [1.54, 1.807) is 4.90 Å². The van der Waals surface area contributed by atoms with Crippen molar-refractivity contribution < 1.29 is 33.0 Å². The van der Waals surface area contributed by atoms with Gasteiger partial charge in [-0.05, 0) is 36.5 Å². The summed E-state index contributed by atoms with van der Waals surface area (Å²) in [5, 5.41) is 10.2. The quantitative estimate of drug-likeness (QED) is 0.471. The van der Waals surface area contributed by atoms with E-state index in [0.717, 1.165) is 50.3 Å². The predicted molar refractivity (Wildman–Crippen MR) is 130 cm³/mol. The Morgan fingerprint density at radius 1 is 1.11 bits per heavy atom. The maximum atomic E-state index is 13.5. The molecular formula is C25H33F2N3O5. The highest BCUT2D eigenvalue weighted by atomic mass is 19.3. The van der Waals surface area contributed by atoms with Crippen molar-refractivity contribution >= 4 is 23.4 Å². The van der Waals surface area contributed by atoms with Gasteiger partial charge in [0.2, 0.25) is 11.8 Å². The molecule has 1 fully saturated rings. The largest absolute Gasteiger partial charge is 0.481 e. The van der Waals surface area contributed by atoms with Crippen molar-refractivity contribution in [3.8, 4) is 11.8 Å². The molecule has 0 unspecified atom stereocenters. The Morgan fingerprint density at radius 3 is 2.31 bits per heavy atom. The average molecular weight is 494 g/mol. The van der Waals surface area contributed by atoms with Crippen LogP contribution in [0.2, 0.25) is 0 Å². The lowest BCUT2D eigenvalue weighted by molar-refractivity contribution is -0.134. The summed E-state index contributed by atoms with van der Waals surface area (Å²) in [5.74, 6) is -0.887. The number of carboxylic acids is 1. The first-order valence-electron chi connectivity index (χ1n) is 11.5. The standard InChI is InChI=1S/C23H29F2N3O3.C2H4O2/c1-15(2)17-11-7-8-12-19(17)28(16-9-5-4-6-10-16)23(29)26-18-13-14-20(30-3)27-21(18)31-22(24)25;1-2(3)4/h7-8,11-16,22H,4-6,9-10H2,1-3H3,(H,26,29);1H3,(H,3,4). The number of aromatic nitrogens is 1. The van der Waals surface area contributed by atoms with E-state index in [1.165, 1.54) is 19.2 Å². The van der Waals surface area contributed by atoms with Crippen molar-refractivity contribution in [3.05, 3.63) is 42.0 Å². The molecule has 1 aliphatic rings. The van der Waals surface area contributed by atoms with E-state index >= 15 is 0 Å². The van der Waals surface area contributed by atoms with Crippen LogP contribution in [0.5, 0.6) is 11.8 Å². The second kappa shape index (κ2) is 13.5. The van der Waals surface area contributed by atoms with Crippen LogP contribution in [0.4, 0.5) is 25.0 Å². The number of carbonyl (C=O) groups is 2. The fourth-order valence-electron chi connectivity index (χ4n) is 3.99. The predicted octanol–water partition coefficient (Wildman–Crippen LogP) is 6.28. The van der Waals surface area contributed by atoms with E-state index in [2.05, 4.69) is 28.9 Å². The number of ether oxygens (including phenoxy) is 2. The van der Waals surface area contributed by atoms with Crippen LogP contribution in [0, 0.1) is 0 Å². The average Bonchev–Trinajstić information content (AvgIpc) is 2.80. The van der Waals surface area contributed by atoms with E-state index in [0.29, 0.717) is 0 Å². The second-order valence-corrected chi connectivity index (χ2v) is 8.41. The molecule has 0 spiro atoms. The summed E-state index contributed by atoms with van der Waals surface area (Å²) in [5.41, 5.74) is 1.95. The highest BCUT2D eigenvalue weighted by molar-refractivity contribution is 6.03. The van der Waals surface area contributed by atoms with Gasteiger partial charge in [0.15, 0.2) is 0 Å². The number of halogens is 2. The third-order valence-electron chi connectivity index (χ3n) is 5.46. The van der Waals surface area contributed by atoms with Crippen molar-refractivity contribution in [2.24, 2.45) is 0 Å². The van der Waals surface area contributed by atoms with Crippen LogP contribution < -0.4 is 19.7 Å². The van der Waals surface area contributed by atoms with Crippen LogP contribution in [0.15, 0.2) is 36.4 Å². The molecule has 1 aromatic heterocycles. The summed E-state index contributed by atoms with van der Waals surface area (Å²) in [7, 11) is 1.38. The lowest BCUT2D eigenvalue weighted by atomic mass is 9.92. The van der Waals surface area contributed by atoms with Crippen molar-refractivity contribution in [1.82, 2.24) is 4.98 Å². The molecule has 0 radical (unpaired) electrons. The van der Waals surface area contributed by atoms with Gasteiger partial charge in [-0.25, -0.2) is 4.79 Å². The molecule has 1 heterocycles. The molecule has 0 aliphatic heterocycles. The first-order chi connectivity index (χ1) is 16.6. The van der Waals surface area contributed by atoms with Gasteiger partial charge in [-0.15, -0.1) is 0 Å². The maximum absolute atomic E-state index is 13.5. The van der Waals surface area contributed by atoms with Crippen molar-refractivity contribution in [2.45, 2.75) is 71.4 Å². The molecule has 1 aliphatic carbocycles. The first kappa shape index (κ1) is 27.8. The molecule has 1 aromatic carbocycles. The monoisotopic (exact) mass is 493 g/mol. The van der Waals surface area contributed by atoms with Gasteiger partial charge in [-0.1, -0.05) is 51.3 Å². The van der Waals surface area contributed by atoms with Gasteiger partial charge in [-0.2, -0.15) is 13.8 Å². The molecule has 0 saturated heterocycles. The van der Waals surface area contributed by atoms with Crippen molar-refractivity contribution in [1.29, 1.82) is 0 Å². The van der Waals surface area contributed by atoms with Gasteiger partial charge in [-0.3, -0.25) is 9.69 Å². The highest BCUT2D eigenvalue weighted by Gasteiger charge is 2.30. The number of nitrogens with zero attached hydrogens (tertiary/aromatic N) is 2. The number of urea groups is 1. The van der Waals surface area contributed by atoms with E-state index in [-0.39, 0.29) is 29.4 Å². The van der Waals surface area contributed by atoms with E-state index in [4.69, 9.17) is 14.6 Å². The van der Waals surface area contributed by atoms with Crippen LogP contribution in [0.3, 0.4) is 0 Å². The lowest BCUT2D eigenvalue weighted by Gasteiger charge is -2.36. The van der Waals surface area contributed by atoms with Gasteiger partial charge >= 0.3 is 12.6 Å². The molecule has 10 heteroatoms. The molecule has 2 aromatic rings. The number of pyridine rings is 1. The summed E-state index contributed by atoms with van der Waals surface area (Å²) in [6.07, 6.45) is 5.01. The SMILES string of the molecule is CC(=O)O.COc1ccc(NC(=O)N(c2ccccc2C(C)C)C2CCCCC2)c(OC(F)F)n1. The van der Waals surface area contributed by atoms with Gasteiger partial charge in [0.05, 0.1) is 7.11 Å². The number of methoxy groups -OCH3 is 1. The molecule has 2 N–H and O–H groups in total. The number of carboxylic acid groups (broad SMARTS) is 1. The molecule has 1 saturated carbocycles. The fraction of sp³-hybridized carbons (Fsp3) is 0.480. The second-order valence-electron chi connectivity index (χ2n) is 8.41. The van der Waals surface area contributed by atoms with Crippen molar-refractivity contribution in [2.75, 3.05) is 17.3 Å². The number of amides is 2. The number of hydrogen-bond acceptors (Lipinski definition) is 5. The summed E-state index contributed by atoms with van der Waals surface area (Å²) in [6, 6.07) is 10.4. The summed E-state index contributed by atoms with van der Waals surface area (Å²) in [6.45, 7) is 2.17. The summed E-state index contributed by atoms with van der Waals surface area (Å²) < 4.78 is 35.3. The van der Waals surface area contributed by atoms with Crippen LogP contribution in [0.1, 0.15) is 64.4 Å². The molecular weight excluding hydrogens is 460 g/mol. The first-order valence-corrected chi connectivity index (χ1v) is 11.5. The molecule has 2 amide bonds. The Kier molecular flexibility index (Phi) is 10.7. The number of aliphatic carboxylic acids is 1. The number of anilines is 2. The topological polar surface area (TPSA) is 101 Å². The molecule has 8 nitrogen and oxygen atoms in total. The number of carbonyl (C=O) groups excluding carboxylic acids is 1. The van der Waals surface area contributed by atoms with Crippen LogP contribution in [-0.4, -0.2) is 41.9 Å².